The van der Waals surface area contributed by atoms with Crippen molar-refractivity contribution < 1.29 is 5.11 Å². The van der Waals surface area contributed by atoms with Crippen molar-refractivity contribution in [2.45, 2.75) is 65.7 Å². The molecule has 0 aliphatic heterocycles. The van der Waals surface area contributed by atoms with Gasteiger partial charge in [0.25, 0.3) is 0 Å². The van der Waals surface area contributed by atoms with Crippen LogP contribution in [0.2, 0.25) is 0 Å². The average Bonchev–Trinajstić information content (AvgIpc) is 2.15. The first-order chi connectivity index (χ1) is 6.70. The number of aliphatic hydroxyl groups is 1. The van der Waals surface area contributed by atoms with Gasteiger partial charge in [-0.2, -0.15) is 0 Å². The summed E-state index contributed by atoms with van der Waals surface area (Å²) in [5.41, 5.74) is 0. The highest BCUT2D eigenvalue weighted by Gasteiger charge is 2.04. The lowest BCUT2D eigenvalue weighted by Gasteiger charge is -2.12. The SMILES string of the molecule is CC[C@H](CCO)CCCCCC(C)C. The van der Waals surface area contributed by atoms with E-state index in [0.717, 1.165) is 18.3 Å². The van der Waals surface area contributed by atoms with Crippen LogP contribution >= 0.6 is 0 Å². The fourth-order valence-electron chi connectivity index (χ4n) is 1.90. The largest absolute Gasteiger partial charge is 0.396 e. The van der Waals surface area contributed by atoms with Crippen molar-refractivity contribution in [2.75, 3.05) is 6.61 Å². The number of aliphatic hydroxyl groups excluding tert-OH is 1. The standard InChI is InChI=1S/C13H28O/c1-4-13(10-11-14)9-7-5-6-8-12(2)3/h12-14H,4-11H2,1-3H3/t13-/m0/s1. The molecule has 0 unspecified atom stereocenters. The van der Waals surface area contributed by atoms with Gasteiger partial charge in [0.05, 0.1) is 0 Å². The van der Waals surface area contributed by atoms with Crippen LogP contribution in [-0.4, -0.2) is 11.7 Å². The minimum absolute atomic E-state index is 0.366. The summed E-state index contributed by atoms with van der Waals surface area (Å²) in [6.07, 6.45) is 9.02. The van der Waals surface area contributed by atoms with E-state index in [2.05, 4.69) is 20.8 Å². The molecule has 0 saturated carbocycles. The van der Waals surface area contributed by atoms with Crippen molar-refractivity contribution in [3.63, 3.8) is 0 Å². The number of unbranched alkanes of at least 4 members (excludes halogenated alkanes) is 2. The molecule has 0 aromatic rings. The summed E-state index contributed by atoms with van der Waals surface area (Å²) in [5, 5.41) is 8.84. The first-order valence-corrected chi connectivity index (χ1v) is 6.31. The van der Waals surface area contributed by atoms with Crippen molar-refractivity contribution in [3.05, 3.63) is 0 Å². The molecule has 1 N–H and O–H groups in total. The zero-order valence-corrected chi connectivity index (χ0v) is 10.3. The van der Waals surface area contributed by atoms with Gasteiger partial charge in [-0.25, -0.2) is 0 Å². The van der Waals surface area contributed by atoms with Crippen LogP contribution in [0.3, 0.4) is 0 Å². The van der Waals surface area contributed by atoms with E-state index in [0.29, 0.717) is 6.61 Å². The molecule has 0 rings (SSSR count). The van der Waals surface area contributed by atoms with Gasteiger partial charge in [0.1, 0.15) is 0 Å². The molecule has 0 aliphatic rings. The lowest BCUT2D eigenvalue weighted by atomic mass is 9.95. The molecule has 0 heterocycles. The fraction of sp³-hybridized carbons (Fsp3) is 1.00. The Morgan fingerprint density at radius 1 is 0.929 bits per heavy atom. The summed E-state index contributed by atoms with van der Waals surface area (Å²) in [6, 6.07) is 0. The van der Waals surface area contributed by atoms with Crippen LogP contribution in [0, 0.1) is 11.8 Å². The van der Waals surface area contributed by atoms with Crippen LogP contribution < -0.4 is 0 Å². The Morgan fingerprint density at radius 2 is 1.57 bits per heavy atom. The van der Waals surface area contributed by atoms with E-state index in [-0.39, 0.29) is 0 Å². The van der Waals surface area contributed by atoms with Crippen molar-refractivity contribution in [2.24, 2.45) is 11.8 Å². The Bertz CT molecular complexity index is 110. The second kappa shape index (κ2) is 9.51. The van der Waals surface area contributed by atoms with Crippen LogP contribution in [0.25, 0.3) is 0 Å². The third-order valence-electron chi connectivity index (χ3n) is 3.01. The lowest BCUT2D eigenvalue weighted by molar-refractivity contribution is 0.246. The molecule has 0 bridgehead atoms. The number of hydrogen-bond acceptors (Lipinski definition) is 1. The molecular formula is C13H28O. The van der Waals surface area contributed by atoms with Crippen molar-refractivity contribution >= 4 is 0 Å². The lowest BCUT2D eigenvalue weighted by Crippen LogP contribution is -2.01. The quantitative estimate of drug-likeness (QED) is 0.558. The molecule has 0 fully saturated rings. The second-order valence-corrected chi connectivity index (χ2v) is 4.82. The molecular weight excluding hydrogens is 172 g/mol. The summed E-state index contributed by atoms with van der Waals surface area (Å²) in [4.78, 5) is 0. The van der Waals surface area contributed by atoms with Gasteiger partial charge in [0, 0.05) is 6.61 Å². The average molecular weight is 200 g/mol. The van der Waals surface area contributed by atoms with Crippen LogP contribution in [0.15, 0.2) is 0 Å². The van der Waals surface area contributed by atoms with Crippen LogP contribution in [0.5, 0.6) is 0 Å². The van der Waals surface area contributed by atoms with Gasteiger partial charge in [-0.1, -0.05) is 59.3 Å². The minimum Gasteiger partial charge on any atom is -0.396 e. The fourth-order valence-corrected chi connectivity index (χ4v) is 1.90. The van der Waals surface area contributed by atoms with Crippen molar-refractivity contribution in [1.82, 2.24) is 0 Å². The third-order valence-corrected chi connectivity index (χ3v) is 3.01. The molecule has 0 aromatic heterocycles. The molecule has 0 radical (unpaired) electrons. The molecule has 14 heavy (non-hydrogen) atoms. The summed E-state index contributed by atoms with van der Waals surface area (Å²) in [6.45, 7) is 7.18. The third kappa shape index (κ3) is 8.55. The van der Waals surface area contributed by atoms with Gasteiger partial charge < -0.3 is 5.11 Å². The first-order valence-electron chi connectivity index (χ1n) is 6.31. The predicted octanol–water partition coefficient (Wildman–Crippen LogP) is 4.00. The molecule has 1 atom stereocenters. The smallest absolute Gasteiger partial charge is 0.0433 e. The Kier molecular flexibility index (Phi) is 9.49. The molecule has 1 heteroatoms. The van der Waals surface area contributed by atoms with Gasteiger partial charge in [0.15, 0.2) is 0 Å². The van der Waals surface area contributed by atoms with Gasteiger partial charge >= 0.3 is 0 Å². The molecule has 1 nitrogen and oxygen atoms in total. The van der Waals surface area contributed by atoms with Gasteiger partial charge in [-0.05, 0) is 18.3 Å². The number of hydrogen-bond donors (Lipinski definition) is 1. The molecule has 0 spiro atoms. The summed E-state index contributed by atoms with van der Waals surface area (Å²) < 4.78 is 0. The predicted molar refractivity (Wildman–Crippen MR) is 63.4 cm³/mol. The van der Waals surface area contributed by atoms with Gasteiger partial charge in [-0.15, -0.1) is 0 Å². The minimum atomic E-state index is 0.366. The highest BCUT2D eigenvalue weighted by Crippen LogP contribution is 2.18. The Hall–Kier alpha value is -0.0400. The van der Waals surface area contributed by atoms with Crippen LogP contribution in [0.4, 0.5) is 0 Å². The Morgan fingerprint density at radius 3 is 2.07 bits per heavy atom. The van der Waals surface area contributed by atoms with Crippen molar-refractivity contribution in [1.29, 1.82) is 0 Å². The maximum Gasteiger partial charge on any atom is 0.0433 e. The summed E-state index contributed by atoms with van der Waals surface area (Å²) in [5.74, 6) is 1.62. The molecule has 0 aliphatic carbocycles. The molecule has 0 aromatic carbocycles. The topological polar surface area (TPSA) is 20.2 Å². The van der Waals surface area contributed by atoms with E-state index >= 15 is 0 Å². The van der Waals surface area contributed by atoms with E-state index in [1.807, 2.05) is 0 Å². The van der Waals surface area contributed by atoms with E-state index < -0.39 is 0 Å². The second-order valence-electron chi connectivity index (χ2n) is 4.82. The van der Waals surface area contributed by atoms with Crippen LogP contribution in [0.1, 0.15) is 65.7 Å². The maximum atomic E-state index is 8.84. The molecule has 0 amide bonds. The summed E-state index contributed by atoms with van der Waals surface area (Å²) in [7, 11) is 0. The number of rotatable bonds is 9. The Balaban J connectivity index is 3.24. The van der Waals surface area contributed by atoms with E-state index in [4.69, 9.17) is 5.11 Å². The van der Waals surface area contributed by atoms with Crippen molar-refractivity contribution in [3.8, 4) is 0 Å². The zero-order valence-electron chi connectivity index (χ0n) is 10.3. The highest BCUT2D eigenvalue weighted by molar-refractivity contribution is 4.57. The summed E-state index contributed by atoms with van der Waals surface area (Å²) >= 11 is 0. The van der Waals surface area contributed by atoms with Gasteiger partial charge in [0.2, 0.25) is 0 Å². The van der Waals surface area contributed by atoms with Gasteiger partial charge in [-0.3, -0.25) is 0 Å². The van der Waals surface area contributed by atoms with E-state index in [1.54, 1.807) is 0 Å². The normalized spacial score (nSPS) is 13.5. The monoisotopic (exact) mass is 200 g/mol. The van der Waals surface area contributed by atoms with Crippen LogP contribution in [-0.2, 0) is 0 Å². The zero-order chi connectivity index (χ0) is 10.8. The van der Waals surface area contributed by atoms with E-state index in [9.17, 15) is 0 Å². The first kappa shape index (κ1) is 14.0. The van der Waals surface area contributed by atoms with E-state index in [1.165, 1.54) is 38.5 Å². The Labute approximate surface area is 89.9 Å². The maximum absolute atomic E-state index is 8.84. The highest BCUT2D eigenvalue weighted by atomic mass is 16.3. The molecule has 86 valence electrons. The molecule has 0 saturated heterocycles.